The van der Waals surface area contributed by atoms with E-state index in [2.05, 4.69) is 11.0 Å². The van der Waals surface area contributed by atoms with Crippen molar-refractivity contribution in [2.45, 2.75) is 32.2 Å². The predicted molar refractivity (Wildman–Crippen MR) is 51.3 cm³/mol. The van der Waals surface area contributed by atoms with Crippen molar-refractivity contribution in [3.63, 3.8) is 0 Å². The highest BCUT2D eigenvalue weighted by Crippen LogP contribution is 2.15. The lowest BCUT2D eigenvalue weighted by Gasteiger charge is -2.30. The number of piperidine rings is 1. The molecule has 0 aromatic rings. The molecule has 0 saturated carbocycles. The number of ether oxygens (including phenoxy) is 1. The number of nitriles is 1. The number of hydrogen-bond acceptors (Lipinski definition) is 3. The summed E-state index contributed by atoms with van der Waals surface area (Å²) in [6, 6.07) is 2.48. The van der Waals surface area contributed by atoms with Gasteiger partial charge in [0, 0.05) is 13.2 Å². The highest BCUT2D eigenvalue weighted by Gasteiger charge is 2.20. The third kappa shape index (κ3) is 3.33. The van der Waals surface area contributed by atoms with Gasteiger partial charge in [0.15, 0.2) is 0 Å². The molecule has 3 heteroatoms. The van der Waals surface area contributed by atoms with E-state index < -0.39 is 0 Å². The van der Waals surface area contributed by atoms with E-state index in [0.717, 1.165) is 32.7 Å². The summed E-state index contributed by atoms with van der Waals surface area (Å²) < 4.78 is 5.28. The lowest BCUT2D eigenvalue weighted by molar-refractivity contribution is 0.0917. The van der Waals surface area contributed by atoms with Crippen LogP contribution in [0.25, 0.3) is 0 Å². The largest absolute Gasteiger partial charge is 0.380 e. The summed E-state index contributed by atoms with van der Waals surface area (Å²) in [7, 11) is 0. The Balaban J connectivity index is 2.24. The molecule has 13 heavy (non-hydrogen) atoms. The summed E-state index contributed by atoms with van der Waals surface area (Å²) in [5.41, 5.74) is 0. The zero-order valence-electron chi connectivity index (χ0n) is 8.33. The maximum atomic E-state index is 8.89. The smallest absolute Gasteiger partial charge is 0.0978 e. The summed E-state index contributed by atoms with van der Waals surface area (Å²) in [6.45, 7) is 5.50. The van der Waals surface area contributed by atoms with E-state index >= 15 is 0 Å². The fraction of sp³-hybridized carbons (Fsp3) is 0.900. The molecular weight excluding hydrogens is 164 g/mol. The minimum Gasteiger partial charge on any atom is -0.380 e. The molecule has 1 atom stereocenters. The second-order valence-corrected chi connectivity index (χ2v) is 3.37. The first kappa shape index (κ1) is 10.5. The van der Waals surface area contributed by atoms with Crippen LogP contribution in [-0.2, 0) is 4.74 Å². The Kier molecular flexibility index (Phi) is 4.81. The van der Waals surface area contributed by atoms with Gasteiger partial charge in [-0.05, 0) is 32.7 Å². The molecule has 0 radical (unpaired) electrons. The summed E-state index contributed by atoms with van der Waals surface area (Å²) in [6.07, 6.45) is 3.45. The molecule has 1 aliphatic rings. The monoisotopic (exact) mass is 182 g/mol. The molecule has 1 fully saturated rings. The number of likely N-dealkylation sites (tertiary alicyclic amines) is 1. The lowest BCUT2D eigenvalue weighted by Crippen LogP contribution is -2.40. The second kappa shape index (κ2) is 5.95. The van der Waals surface area contributed by atoms with Gasteiger partial charge < -0.3 is 4.74 Å². The quantitative estimate of drug-likeness (QED) is 0.617. The maximum Gasteiger partial charge on any atom is 0.0978 e. The van der Waals surface area contributed by atoms with Crippen LogP contribution in [0.4, 0.5) is 0 Å². The van der Waals surface area contributed by atoms with Gasteiger partial charge >= 0.3 is 0 Å². The molecule has 74 valence electrons. The van der Waals surface area contributed by atoms with Crippen molar-refractivity contribution >= 4 is 0 Å². The Morgan fingerprint density at radius 3 is 3.08 bits per heavy atom. The molecule has 0 aromatic heterocycles. The molecule has 0 spiro atoms. The minimum absolute atomic E-state index is 0.134. The van der Waals surface area contributed by atoms with E-state index in [1.807, 2.05) is 6.92 Å². The predicted octanol–water partition coefficient (Wildman–Crippen LogP) is 1.40. The molecule has 1 saturated heterocycles. The van der Waals surface area contributed by atoms with Crippen molar-refractivity contribution < 1.29 is 4.74 Å². The summed E-state index contributed by atoms with van der Waals surface area (Å²) in [5, 5.41) is 8.89. The van der Waals surface area contributed by atoms with Crippen LogP contribution in [0, 0.1) is 11.3 Å². The Morgan fingerprint density at radius 1 is 1.54 bits per heavy atom. The van der Waals surface area contributed by atoms with Crippen molar-refractivity contribution in [3.8, 4) is 6.07 Å². The van der Waals surface area contributed by atoms with Gasteiger partial charge in [0.05, 0.1) is 18.7 Å². The highest BCUT2D eigenvalue weighted by atomic mass is 16.5. The fourth-order valence-electron chi connectivity index (χ4n) is 1.73. The summed E-state index contributed by atoms with van der Waals surface area (Å²) >= 11 is 0. The van der Waals surface area contributed by atoms with Gasteiger partial charge in [0.2, 0.25) is 0 Å². The third-order valence-electron chi connectivity index (χ3n) is 2.49. The van der Waals surface area contributed by atoms with E-state index in [-0.39, 0.29) is 6.04 Å². The highest BCUT2D eigenvalue weighted by molar-refractivity contribution is 4.93. The molecule has 0 bridgehead atoms. The first-order valence-corrected chi connectivity index (χ1v) is 5.10. The van der Waals surface area contributed by atoms with Crippen molar-refractivity contribution in [1.29, 1.82) is 5.26 Å². The first-order valence-electron chi connectivity index (χ1n) is 5.10. The van der Waals surface area contributed by atoms with Crippen LogP contribution in [0.3, 0.4) is 0 Å². The van der Waals surface area contributed by atoms with Crippen LogP contribution in [0.5, 0.6) is 0 Å². The van der Waals surface area contributed by atoms with Crippen molar-refractivity contribution in [2.24, 2.45) is 0 Å². The van der Waals surface area contributed by atoms with Crippen LogP contribution in [0.15, 0.2) is 0 Å². The van der Waals surface area contributed by atoms with Crippen LogP contribution in [-0.4, -0.2) is 37.2 Å². The van der Waals surface area contributed by atoms with Gasteiger partial charge in [0.25, 0.3) is 0 Å². The van der Waals surface area contributed by atoms with Gasteiger partial charge in [-0.15, -0.1) is 0 Å². The topological polar surface area (TPSA) is 36.3 Å². The van der Waals surface area contributed by atoms with Crippen molar-refractivity contribution in [1.82, 2.24) is 4.90 Å². The molecule has 0 aromatic carbocycles. The standard InChI is InChI=1S/C10H18N2O/c1-2-13-8-7-12-6-4-3-5-10(12)9-11/h10H,2-8H2,1H3. The van der Waals surface area contributed by atoms with Crippen LogP contribution in [0.2, 0.25) is 0 Å². The van der Waals surface area contributed by atoms with E-state index in [9.17, 15) is 0 Å². The summed E-state index contributed by atoms with van der Waals surface area (Å²) in [5.74, 6) is 0. The molecular formula is C10H18N2O. The van der Waals surface area contributed by atoms with E-state index in [4.69, 9.17) is 10.00 Å². The number of nitrogens with zero attached hydrogens (tertiary/aromatic N) is 2. The van der Waals surface area contributed by atoms with Crippen LogP contribution >= 0.6 is 0 Å². The Labute approximate surface area is 80.3 Å². The first-order chi connectivity index (χ1) is 6.38. The molecule has 1 unspecified atom stereocenters. The molecule has 0 amide bonds. The Morgan fingerprint density at radius 2 is 2.38 bits per heavy atom. The molecule has 1 rings (SSSR count). The molecule has 1 heterocycles. The van der Waals surface area contributed by atoms with Crippen LogP contribution < -0.4 is 0 Å². The van der Waals surface area contributed by atoms with E-state index in [1.54, 1.807) is 0 Å². The average molecular weight is 182 g/mol. The third-order valence-corrected chi connectivity index (χ3v) is 2.49. The number of rotatable bonds is 4. The van der Waals surface area contributed by atoms with Gasteiger partial charge in [-0.2, -0.15) is 5.26 Å². The minimum atomic E-state index is 0.134. The molecule has 1 aliphatic heterocycles. The van der Waals surface area contributed by atoms with E-state index in [0.29, 0.717) is 0 Å². The molecule has 3 nitrogen and oxygen atoms in total. The van der Waals surface area contributed by atoms with Crippen molar-refractivity contribution in [2.75, 3.05) is 26.3 Å². The average Bonchev–Trinajstić information content (AvgIpc) is 2.19. The summed E-state index contributed by atoms with van der Waals surface area (Å²) in [4.78, 5) is 2.24. The Hall–Kier alpha value is -0.590. The van der Waals surface area contributed by atoms with Gasteiger partial charge in [-0.1, -0.05) is 0 Å². The second-order valence-electron chi connectivity index (χ2n) is 3.37. The van der Waals surface area contributed by atoms with Gasteiger partial charge in [-0.3, -0.25) is 4.90 Å². The van der Waals surface area contributed by atoms with Gasteiger partial charge in [0.1, 0.15) is 0 Å². The molecule has 0 aliphatic carbocycles. The molecule has 0 N–H and O–H groups in total. The lowest BCUT2D eigenvalue weighted by atomic mass is 10.0. The van der Waals surface area contributed by atoms with Gasteiger partial charge in [-0.25, -0.2) is 0 Å². The Bertz CT molecular complexity index is 176. The zero-order valence-corrected chi connectivity index (χ0v) is 8.33. The number of hydrogen-bond donors (Lipinski definition) is 0. The zero-order chi connectivity index (χ0) is 9.52. The SMILES string of the molecule is CCOCCN1CCCCC1C#N. The van der Waals surface area contributed by atoms with Crippen LogP contribution in [0.1, 0.15) is 26.2 Å². The normalized spacial score (nSPS) is 24.2. The van der Waals surface area contributed by atoms with Crippen molar-refractivity contribution in [3.05, 3.63) is 0 Å². The fourth-order valence-corrected chi connectivity index (χ4v) is 1.73. The maximum absolute atomic E-state index is 8.89. The van der Waals surface area contributed by atoms with E-state index in [1.165, 1.54) is 12.8 Å².